The average molecular weight is 488 g/mol. The lowest BCUT2D eigenvalue weighted by Gasteiger charge is -2.21. The molecule has 12 heteroatoms. The maximum absolute atomic E-state index is 13.4. The number of halogens is 6. The zero-order valence-electron chi connectivity index (χ0n) is 16.4. The highest BCUT2D eigenvalue weighted by Gasteiger charge is 2.36. The minimum absolute atomic E-state index is 0.208. The maximum Gasteiger partial charge on any atom is 0.416 e. The Morgan fingerprint density at radius 2 is 1.61 bits per heavy atom. The van der Waals surface area contributed by atoms with E-state index in [0.29, 0.717) is 5.56 Å². The molecule has 1 atom stereocenters. The largest absolute Gasteiger partial charge is 0.481 e. The maximum atomic E-state index is 13.4. The van der Waals surface area contributed by atoms with Crippen LogP contribution < -0.4 is 5.32 Å². The Kier molecular flexibility index (Phi) is 6.77. The topological polar surface area (TPSA) is 79.3 Å². The summed E-state index contributed by atoms with van der Waals surface area (Å²) in [6.07, 6.45) is -10.1. The van der Waals surface area contributed by atoms with Crippen LogP contribution in [-0.4, -0.2) is 22.0 Å². The average Bonchev–Trinajstić information content (AvgIpc) is 3.22. The number of nitrogens with one attached hydrogen (secondary N) is 1. The predicted molar refractivity (Wildman–Crippen MR) is 106 cm³/mol. The van der Waals surface area contributed by atoms with Gasteiger partial charge in [0, 0.05) is 10.9 Å². The van der Waals surface area contributed by atoms with Crippen molar-refractivity contribution in [3.8, 4) is 10.6 Å². The number of carboxylic acids is 1. The van der Waals surface area contributed by atoms with Crippen LogP contribution in [0.3, 0.4) is 0 Å². The van der Waals surface area contributed by atoms with Gasteiger partial charge in [0.15, 0.2) is 0 Å². The Morgan fingerprint density at radius 1 is 0.970 bits per heavy atom. The molecular weight excluding hydrogens is 474 g/mol. The molecule has 0 unspecified atom stereocenters. The predicted octanol–water partition coefficient (Wildman–Crippen LogP) is 5.79. The van der Waals surface area contributed by atoms with Gasteiger partial charge in [0.2, 0.25) is 0 Å². The molecule has 33 heavy (non-hydrogen) atoms. The van der Waals surface area contributed by atoms with Crippen LogP contribution in [0.15, 0.2) is 53.9 Å². The summed E-state index contributed by atoms with van der Waals surface area (Å²) < 4.78 is 78.2. The number of aliphatic carboxylic acids is 1. The van der Waals surface area contributed by atoms with E-state index in [-0.39, 0.29) is 10.7 Å². The first-order valence-electron chi connectivity index (χ1n) is 9.18. The third-order valence-corrected chi connectivity index (χ3v) is 5.41. The standard InChI is InChI=1S/C21H14F6N2O3S/c22-20(23,24)12-7-5-11(6-8-12)19-29-16(10-33-19)18(32)28-15(9-17(30)31)13-3-1-2-4-14(13)21(25,26)27/h1-8,10,15H,9H2,(H,28,32)(H,30,31)/t15-/m0/s1. The van der Waals surface area contributed by atoms with Crippen molar-refractivity contribution in [1.29, 1.82) is 0 Å². The van der Waals surface area contributed by atoms with Crippen LogP contribution in [0.5, 0.6) is 0 Å². The second-order valence-electron chi connectivity index (χ2n) is 6.82. The molecule has 0 fully saturated rings. The van der Waals surface area contributed by atoms with Gasteiger partial charge in [-0.25, -0.2) is 4.98 Å². The Morgan fingerprint density at radius 3 is 2.18 bits per heavy atom. The van der Waals surface area contributed by atoms with E-state index in [1.165, 1.54) is 23.6 Å². The zero-order chi connectivity index (χ0) is 24.4. The van der Waals surface area contributed by atoms with Gasteiger partial charge in [0.25, 0.3) is 5.91 Å². The van der Waals surface area contributed by atoms with Crippen molar-refractivity contribution < 1.29 is 41.0 Å². The molecule has 0 aliphatic carbocycles. The number of carboxylic acid groups (broad SMARTS) is 1. The minimum atomic E-state index is -4.77. The molecule has 3 rings (SSSR count). The molecule has 3 aromatic rings. The van der Waals surface area contributed by atoms with Crippen LogP contribution in [-0.2, 0) is 17.1 Å². The minimum Gasteiger partial charge on any atom is -0.481 e. The van der Waals surface area contributed by atoms with E-state index >= 15 is 0 Å². The SMILES string of the molecule is O=C(O)C[C@H](NC(=O)c1csc(-c2ccc(C(F)(F)F)cc2)n1)c1ccccc1C(F)(F)F. The Hall–Kier alpha value is -3.41. The van der Waals surface area contributed by atoms with Gasteiger partial charge in [-0.2, -0.15) is 26.3 Å². The lowest BCUT2D eigenvalue weighted by molar-refractivity contribution is -0.140. The molecule has 1 heterocycles. The Labute approximate surface area is 186 Å². The summed E-state index contributed by atoms with van der Waals surface area (Å²) >= 11 is 0.939. The molecule has 1 aromatic heterocycles. The van der Waals surface area contributed by atoms with Gasteiger partial charge in [0.05, 0.1) is 23.6 Å². The lowest BCUT2D eigenvalue weighted by Crippen LogP contribution is -2.32. The number of alkyl halides is 6. The van der Waals surface area contributed by atoms with E-state index in [4.69, 9.17) is 5.11 Å². The summed E-state index contributed by atoms with van der Waals surface area (Å²) in [7, 11) is 0. The number of hydrogen-bond acceptors (Lipinski definition) is 4. The van der Waals surface area contributed by atoms with Crippen molar-refractivity contribution >= 4 is 23.2 Å². The number of carbonyl (C=O) groups excluding carboxylic acids is 1. The van der Waals surface area contributed by atoms with E-state index in [1.54, 1.807) is 0 Å². The molecular formula is C21H14F6N2O3S. The third-order valence-electron chi connectivity index (χ3n) is 4.52. The van der Waals surface area contributed by atoms with E-state index in [9.17, 15) is 35.9 Å². The highest BCUT2D eigenvalue weighted by molar-refractivity contribution is 7.13. The lowest BCUT2D eigenvalue weighted by atomic mass is 9.97. The molecule has 2 aromatic carbocycles. The van der Waals surface area contributed by atoms with Crippen molar-refractivity contribution in [2.24, 2.45) is 0 Å². The monoisotopic (exact) mass is 488 g/mol. The number of nitrogens with zero attached hydrogens (tertiary/aromatic N) is 1. The normalized spacial score (nSPS) is 12.9. The first kappa shape index (κ1) is 24.2. The quantitative estimate of drug-likeness (QED) is 0.431. The zero-order valence-corrected chi connectivity index (χ0v) is 17.2. The number of benzene rings is 2. The summed E-state index contributed by atoms with van der Waals surface area (Å²) in [5.41, 5.74) is -2.27. The van der Waals surface area contributed by atoms with E-state index in [2.05, 4.69) is 10.3 Å². The fourth-order valence-corrected chi connectivity index (χ4v) is 3.82. The van der Waals surface area contributed by atoms with Gasteiger partial charge in [0.1, 0.15) is 10.7 Å². The third kappa shape index (κ3) is 5.89. The molecule has 5 nitrogen and oxygen atoms in total. The summed E-state index contributed by atoms with van der Waals surface area (Å²) in [5.74, 6) is -2.35. The van der Waals surface area contributed by atoms with Crippen LogP contribution in [0.1, 0.15) is 39.6 Å². The Bertz CT molecular complexity index is 1160. The molecule has 174 valence electrons. The van der Waals surface area contributed by atoms with Crippen LogP contribution >= 0.6 is 11.3 Å². The fraction of sp³-hybridized carbons (Fsp3) is 0.190. The van der Waals surface area contributed by atoms with Gasteiger partial charge in [-0.15, -0.1) is 11.3 Å². The summed E-state index contributed by atoms with van der Waals surface area (Å²) in [5, 5.41) is 12.9. The highest BCUT2D eigenvalue weighted by atomic mass is 32.1. The van der Waals surface area contributed by atoms with E-state index in [0.717, 1.165) is 41.7 Å². The van der Waals surface area contributed by atoms with Gasteiger partial charge >= 0.3 is 18.3 Å². The van der Waals surface area contributed by atoms with Crippen LogP contribution in [0.25, 0.3) is 10.6 Å². The van der Waals surface area contributed by atoms with Gasteiger partial charge in [-0.3, -0.25) is 9.59 Å². The van der Waals surface area contributed by atoms with Crippen molar-refractivity contribution in [2.45, 2.75) is 24.8 Å². The van der Waals surface area contributed by atoms with Crippen LogP contribution in [0.2, 0.25) is 0 Å². The number of amides is 1. The number of thiazole rings is 1. The Balaban J connectivity index is 1.85. The summed E-state index contributed by atoms with van der Waals surface area (Å²) in [6, 6.07) is 6.85. The van der Waals surface area contributed by atoms with Crippen molar-refractivity contribution in [3.05, 3.63) is 76.3 Å². The van der Waals surface area contributed by atoms with E-state index < -0.39 is 53.4 Å². The number of aromatic nitrogens is 1. The van der Waals surface area contributed by atoms with Crippen molar-refractivity contribution in [2.75, 3.05) is 0 Å². The van der Waals surface area contributed by atoms with Gasteiger partial charge in [-0.05, 0) is 23.8 Å². The van der Waals surface area contributed by atoms with E-state index in [1.807, 2.05) is 0 Å². The molecule has 0 aliphatic rings. The molecule has 0 saturated carbocycles. The molecule has 0 bridgehead atoms. The highest BCUT2D eigenvalue weighted by Crippen LogP contribution is 2.36. The van der Waals surface area contributed by atoms with Gasteiger partial charge < -0.3 is 10.4 Å². The molecule has 0 saturated heterocycles. The number of carbonyl (C=O) groups is 2. The molecule has 1 amide bonds. The van der Waals surface area contributed by atoms with Crippen molar-refractivity contribution in [3.63, 3.8) is 0 Å². The second-order valence-corrected chi connectivity index (χ2v) is 7.68. The number of hydrogen-bond donors (Lipinski definition) is 2. The first-order chi connectivity index (χ1) is 15.4. The molecule has 0 radical (unpaired) electrons. The van der Waals surface area contributed by atoms with Crippen LogP contribution in [0, 0.1) is 0 Å². The summed E-state index contributed by atoms with van der Waals surface area (Å²) in [4.78, 5) is 27.9. The summed E-state index contributed by atoms with van der Waals surface area (Å²) in [6.45, 7) is 0. The molecule has 0 aliphatic heterocycles. The molecule has 2 N–H and O–H groups in total. The fourth-order valence-electron chi connectivity index (χ4n) is 3.02. The smallest absolute Gasteiger partial charge is 0.416 e. The van der Waals surface area contributed by atoms with Crippen LogP contribution in [0.4, 0.5) is 26.3 Å². The molecule has 0 spiro atoms. The second kappa shape index (κ2) is 9.22. The number of rotatable bonds is 6. The first-order valence-corrected chi connectivity index (χ1v) is 10.1. The van der Waals surface area contributed by atoms with Gasteiger partial charge in [-0.1, -0.05) is 30.3 Å². The van der Waals surface area contributed by atoms with Crippen molar-refractivity contribution in [1.82, 2.24) is 10.3 Å².